The van der Waals surface area contributed by atoms with Crippen molar-refractivity contribution in [2.24, 2.45) is 0 Å². The molecule has 130 valence electrons. The molecule has 2 aromatic heterocycles. The molecule has 0 spiro atoms. The molecule has 4 aromatic rings. The van der Waals surface area contributed by atoms with Crippen molar-refractivity contribution in [2.45, 2.75) is 6.92 Å². The van der Waals surface area contributed by atoms with E-state index in [9.17, 15) is 9.90 Å². The maximum Gasteiger partial charge on any atom is 0.196 e. The van der Waals surface area contributed by atoms with Crippen LogP contribution in [0, 0.1) is 6.92 Å². The number of hydrogen-bond donors (Lipinski definition) is 3. The summed E-state index contributed by atoms with van der Waals surface area (Å²) in [7, 11) is 0. The van der Waals surface area contributed by atoms with E-state index in [1.807, 2.05) is 30.3 Å². The number of fused-ring (bicyclic) bond motifs is 2. The molecular formula is C19H14N2O4S. The summed E-state index contributed by atoms with van der Waals surface area (Å²) in [6, 6.07) is 12.3. The SMILES string of the molecule is Cc1cc(=O)c2c(O)c3ccoc3c(NC(=S)Nc3ccccc3)c2o1. The normalized spacial score (nSPS) is 11.0. The van der Waals surface area contributed by atoms with E-state index in [2.05, 4.69) is 10.6 Å². The summed E-state index contributed by atoms with van der Waals surface area (Å²) < 4.78 is 11.2. The Balaban J connectivity index is 1.87. The lowest BCUT2D eigenvalue weighted by Gasteiger charge is -2.13. The van der Waals surface area contributed by atoms with Gasteiger partial charge in [-0.1, -0.05) is 18.2 Å². The number of nitrogens with one attached hydrogen (secondary N) is 2. The van der Waals surface area contributed by atoms with Gasteiger partial charge in [0.05, 0.1) is 11.6 Å². The highest BCUT2D eigenvalue weighted by Gasteiger charge is 2.21. The lowest BCUT2D eigenvalue weighted by atomic mass is 10.1. The Kier molecular flexibility index (Phi) is 3.85. The second kappa shape index (κ2) is 6.20. The molecule has 0 saturated heterocycles. The molecule has 0 fully saturated rings. The Hall–Kier alpha value is -3.32. The zero-order valence-electron chi connectivity index (χ0n) is 13.7. The van der Waals surface area contributed by atoms with Crippen molar-refractivity contribution in [3.05, 3.63) is 64.7 Å². The maximum absolute atomic E-state index is 12.4. The third kappa shape index (κ3) is 2.68. The van der Waals surface area contributed by atoms with E-state index in [0.29, 0.717) is 27.5 Å². The highest BCUT2D eigenvalue weighted by molar-refractivity contribution is 7.80. The number of aryl methyl sites for hydroxylation is 1. The molecule has 0 radical (unpaired) electrons. The summed E-state index contributed by atoms with van der Waals surface area (Å²) in [6.07, 6.45) is 1.43. The Morgan fingerprint density at radius 1 is 1.12 bits per heavy atom. The summed E-state index contributed by atoms with van der Waals surface area (Å²) in [5.74, 6) is 0.239. The highest BCUT2D eigenvalue weighted by Crippen LogP contribution is 2.40. The van der Waals surface area contributed by atoms with Crippen molar-refractivity contribution in [3.63, 3.8) is 0 Å². The molecule has 0 aliphatic carbocycles. The Morgan fingerprint density at radius 3 is 2.65 bits per heavy atom. The molecule has 0 atom stereocenters. The number of phenols is 1. The molecule has 0 bridgehead atoms. The van der Waals surface area contributed by atoms with Crippen LogP contribution in [0.25, 0.3) is 21.9 Å². The first-order chi connectivity index (χ1) is 12.5. The minimum absolute atomic E-state index is 0.0783. The van der Waals surface area contributed by atoms with Gasteiger partial charge >= 0.3 is 0 Å². The van der Waals surface area contributed by atoms with Crippen molar-refractivity contribution >= 4 is 50.6 Å². The molecule has 2 heterocycles. The number of thiocarbonyl (C=S) groups is 1. The number of rotatable bonds is 2. The molecule has 0 saturated carbocycles. The summed E-state index contributed by atoms with van der Waals surface area (Å²) in [5, 5.41) is 17.3. The van der Waals surface area contributed by atoms with Crippen molar-refractivity contribution in [3.8, 4) is 5.75 Å². The summed E-state index contributed by atoms with van der Waals surface area (Å²) in [4.78, 5) is 12.4. The average Bonchev–Trinajstić information content (AvgIpc) is 3.09. The lowest BCUT2D eigenvalue weighted by Crippen LogP contribution is -2.19. The molecule has 3 N–H and O–H groups in total. The second-order valence-corrected chi connectivity index (χ2v) is 6.17. The van der Waals surface area contributed by atoms with Gasteiger partial charge in [-0.05, 0) is 37.3 Å². The Labute approximate surface area is 153 Å². The van der Waals surface area contributed by atoms with E-state index >= 15 is 0 Å². The molecule has 26 heavy (non-hydrogen) atoms. The number of furan rings is 1. The molecule has 6 nitrogen and oxygen atoms in total. The van der Waals surface area contributed by atoms with Gasteiger partial charge in [0.2, 0.25) is 0 Å². The zero-order valence-corrected chi connectivity index (χ0v) is 14.5. The average molecular weight is 366 g/mol. The monoisotopic (exact) mass is 366 g/mol. The Bertz CT molecular complexity index is 1200. The smallest absolute Gasteiger partial charge is 0.196 e. The van der Waals surface area contributed by atoms with Crippen LogP contribution in [-0.4, -0.2) is 10.2 Å². The molecule has 2 aromatic carbocycles. The van der Waals surface area contributed by atoms with Gasteiger partial charge in [-0.15, -0.1) is 0 Å². The quantitative estimate of drug-likeness (QED) is 0.359. The molecule has 7 heteroatoms. The fourth-order valence-electron chi connectivity index (χ4n) is 2.85. The van der Waals surface area contributed by atoms with Crippen molar-refractivity contribution in [1.29, 1.82) is 0 Å². The van der Waals surface area contributed by atoms with Gasteiger partial charge < -0.3 is 24.6 Å². The number of phenolic OH excluding ortho intramolecular Hbond substituents is 1. The molecular weight excluding hydrogens is 352 g/mol. The van der Waals surface area contributed by atoms with E-state index in [1.54, 1.807) is 13.0 Å². The van der Waals surface area contributed by atoms with Crippen molar-refractivity contribution in [1.82, 2.24) is 0 Å². The summed E-state index contributed by atoms with van der Waals surface area (Å²) >= 11 is 5.37. The van der Waals surface area contributed by atoms with E-state index in [0.717, 1.165) is 5.69 Å². The van der Waals surface area contributed by atoms with Crippen LogP contribution in [0.15, 0.2) is 62.4 Å². The molecule has 0 aliphatic heterocycles. The number of hydrogen-bond acceptors (Lipinski definition) is 5. The first kappa shape index (κ1) is 16.2. The van der Waals surface area contributed by atoms with E-state index in [-0.39, 0.29) is 22.1 Å². The summed E-state index contributed by atoms with van der Waals surface area (Å²) in [5.41, 5.74) is 1.39. The first-order valence-electron chi connectivity index (χ1n) is 7.84. The minimum atomic E-state index is -0.339. The summed E-state index contributed by atoms with van der Waals surface area (Å²) in [6.45, 7) is 1.66. The van der Waals surface area contributed by atoms with Crippen LogP contribution in [0.2, 0.25) is 0 Å². The van der Waals surface area contributed by atoms with Gasteiger partial charge in [0.1, 0.15) is 22.6 Å². The van der Waals surface area contributed by atoms with Crippen LogP contribution in [0.4, 0.5) is 11.4 Å². The third-order valence-corrected chi connectivity index (χ3v) is 4.16. The van der Waals surface area contributed by atoms with Crippen LogP contribution < -0.4 is 16.1 Å². The van der Waals surface area contributed by atoms with Gasteiger partial charge in [0.25, 0.3) is 0 Å². The van der Waals surface area contributed by atoms with Crippen LogP contribution in [0.1, 0.15) is 5.76 Å². The zero-order chi connectivity index (χ0) is 18.3. The largest absolute Gasteiger partial charge is 0.506 e. The Morgan fingerprint density at radius 2 is 1.88 bits per heavy atom. The van der Waals surface area contributed by atoms with E-state index in [1.165, 1.54) is 12.3 Å². The number of anilines is 2. The van der Waals surface area contributed by atoms with Crippen molar-refractivity contribution in [2.75, 3.05) is 10.6 Å². The fourth-order valence-corrected chi connectivity index (χ4v) is 3.07. The van der Waals surface area contributed by atoms with Gasteiger partial charge in [-0.25, -0.2) is 0 Å². The van der Waals surface area contributed by atoms with Gasteiger partial charge in [-0.3, -0.25) is 4.79 Å². The standard InChI is InChI=1S/C19H14N2O4S/c1-10-9-13(22)14-16(23)12-7-8-24-17(12)15(18(14)25-10)21-19(26)20-11-5-3-2-4-6-11/h2-9,23H,1H3,(H2,20,21,26). The minimum Gasteiger partial charge on any atom is -0.506 e. The fraction of sp³-hybridized carbons (Fsp3) is 0.0526. The maximum atomic E-state index is 12.4. The lowest BCUT2D eigenvalue weighted by molar-refractivity contribution is 0.484. The molecule has 0 amide bonds. The number of aromatic hydroxyl groups is 1. The third-order valence-electron chi connectivity index (χ3n) is 3.95. The van der Waals surface area contributed by atoms with Crippen LogP contribution in [0.3, 0.4) is 0 Å². The topological polar surface area (TPSA) is 87.6 Å². The van der Waals surface area contributed by atoms with Crippen LogP contribution >= 0.6 is 12.2 Å². The van der Waals surface area contributed by atoms with Gasteiger partial charge in [0, 0.05) is 11.8 Å². The highest BCUT2D eigenvalue weighted by atomic mass is 32.1. The van der Waals surface area contributed by atoms with E-state index in [4.69, 9.17) is 21.1 Å². The van der Waals surface area contributed by atoms with Crippen LogP contribution in [0.5, 0.6) is 5.75 Å². The predicted molar refractivity (Wildman–Crippen MR) is 105 cm³/mol. The first-order valence-corrected chi connectivity index (χ1v) is 8.25. The predicted octanol–water partition coefficient (Wildman–Crippen LogP) is 4.36. The number of benzene rings is 2. The molecule has 4 rings (SSSR count). The molecule has 0 aliphatic rings. The molecule has 0 unspecified atom stereocenters. The van der Waals surface area contributed by atoms with E-state index < -0.39 is 0 Å². The van der Waals surface area contributed by atoms with Gasteiger partial charge in [0.15, 0.2) is 21.7 Å². The van der Waals surface area contributed by atoms with Gasteiger partial charge in [-0.2, -0.15) is 0 Å². The number of para-hydroxylation sites is 1. The van der Waals surface area contributed by atoms with Crippen LogP contribution in [-0.2, 0) is 0 Å². The second-order valence-electron chi connectivity index (χ2n) is 5.76. The van der Waals surface area contributed by atoms with Crippen molar-refractivity contribution < 1.29 is 13.9 Å².